The van der Waals surface area contributed by atoms with Crippen molar-refractivity contribution in [3.8, 4) is 11.4 Å². The minimum absolute atomic E-state index is 0.318. The quantitative estimate of drug-likeness (QED) is 0.318. The van der Waals surface area contributed by atoms with Crippen LogP contribution in [0, 0.1) is 19.7 Å². The maximum absolute atomic E-state index is 14.6. The van der Waals surface area contributed by atoms with Crippen LogP contribution in [-0.4, -0.2) is 21.4 Å². The van der Waals surface area contributed by atoms with Crippen molar-refractivity contribution < 1.29 is 18.3 Å². The standard InChI is InChI=1S/C28H29F2N3O2/c1-6-28(32-26(34)27(4,5)30,24-13-7-18(2)15-19(24)3)35-23-12-14-25-20(16-23)17-31-33(25)22-10-8-21(29)9-11-22/h7-17H,6H2,1-5H3,(H,32,34). The fraction of sp³-hybridized carbons (Fsp3) is 0.286. The first-order valence-corrected chi connectivity index (χ1v) is 11.5. The SMILES string of the molecule is CCC(NC(=O)C(C)(C)F)(Oc1ccc2c(cnn2-c2ccc(F)cc2)c1)c1ccc(C)cc1C. The van der Waals surface area contributed by atoms with Crippen molar-refractivity contribution in [2.24, 2.45) is 0 Å². The highest BCUT2D eigenvalue weighted by atomic mass is 19.1. The molecule has 0 saturated heterocycles. The molecule has 1 N–H and O–H groups in total. The maximum Gasteiger partial charge on any atom is 0.260 e. The number of aromatic nitrogens is 2. The highest BCUT2D eigenvalue weighted by Crippen LogP contribution is 2.34. The van der Waals surface area contributed by atoms with E-state index >= 15 is 0 Å². The first-order chi connectivity index (χ1) is 16.5. The molecule has 35 heavy (non-hydrogen) atoms. The summed E-state index contributed by atoms with van der Waals surface area (Å²) in [6.45, 7) is 8.26. The van der Waals surface area contributed by atoms with Gasteiger partial charge in [0.05, 0.1) is 17.4 Å². The first-order valence-electron chi connectivity index (χ1n) is 11.5. The van der Waals surface area contributed by atoms with Gasteiger partial charge >= 0.3 is 0 Å². The minimum atomic E-state index is -2.08. The molecule has 3 aromatic carbocycles. The van der Waals surface area contributed by atoms with Crippen LogP contribution in [0.1, 0.15) is 43.9 Å². The summed E-state index contributed by atoms with van der Waals surface area (Å²) in [7, 11) is 0. The van der Waals surface area contributed by atoms with E-state index in [1.807, 2.05) is 51.1 Å². The summed E-state index contributed by atoms with van der Waals surface area (Å²) in [5, 5.41) is 8.07. The van der Waals surface area contributed by atoms with Gasteiger partial charge < -0.3 is 10.1 Å². The predicted octanol–water partition coefficient (Wildman–Crippen LogP) is 6.29. The molecular weight excluding hydrogens is 448 g/mol. The van der Waals surface area contributed by atoms with Crippen LogP contribution < -0.4 is 10.1 Å². The summed E-state index contributed by atoms with van der Waals surface area (Å²) in [4.78, 5) is 12.8. The van der Waals surface area contributed by atoms with Crippen molar-refractivity contribution in [2.45, 2.75) is 52.4 Å². The number of ether oxygens (including phenoxy) is 1. The van der Waals surface area contributed by atoms with E-state index in [1.165, 1.54) is 26.0 Å². The highest BCUT2D eigenvalue weighted by molar-refractivity contribution is 5.85. The summed E-state index contributed by atoms with van der Waals surface area (Å²) in [6, 6.07) is 17.4. The summed E-state index contributed by atoms with van der Waals surface area (Å²) >= 11 is 0. The van der Waals surface area contributed by atoms with Gasteiger partial charge in [0.25, 0.3) is 5.91 Å². The molecule has 1 heterocycles. The van der Waals surface area contributed by atoms with Crippen molar-refractivity contribution >= 4 is 16.8 Å². The van der Waals surface area contributed by atoms with Crippen LogP contribution in [0.5, 0.6) is 5.75 Å². The molecule has 0 aliphatic rings. The second-order valence-corrected chi connectivity index (χ2v) is 9.28. The smallest absolute Gasteiger partial charge is 0.260 e. The molecule has 1 unspecified atom stereocenters. The molecule has 0 bridgehead atoms. The van der Waals surface area contributed by atoms with E-state index in [0.717, 1.165) is 33.3 Å². The molecule has 4 rings (SSSR count). The maximum atomic E-state index is 14.6. The Morgan fingerprint density at radius 3 is 2.40 bits per heavy atom. The van der Waals surface area contributed by atoms with Gasteiger partial charge in [-0.25, -0.2) is 13.5 Å². The average molecular weight is 478 g/mol. The molecule has 1 aromatic heterocycles. The molecule has 0 saturated carbocycles. The van der Waals surface area contributed by atoms with E-state index in [2.05, 4.69) is 10.4 Å². The average Bonchev–Trinajstić information content (AvgIpc) is 3.21. The number of alkyl halides is 1. The molecule has 0 radical (unpaired) electrons. The second-order valence-electron chi connectivity index (χ2n) is 9.28. The Balaban J connectivity index is 1.76. The van der Waals surface area contributed by atoms with Gasteiger partial charge in [-0.15, -0.1) is 0 Å². The Bertz CT molecular complexity index is 1370. The first kappa shape index (κ1) is 24.4. The molecule has 182 valence electrons. The zero-order valence-corrected chi connectivity index (χ0v) is 20.5. The number of benzene rings is 3. The van der Waals surface area contributed by atoms with Crippen LogP contribution >= 0.6 is 0 Å². The van der Waals surface area contributed by atoms with Gasteiger partial charge in [0.1, 0.15) is 11.6 Å². The molecule has 1 atom stereocenters. The number of aryl methyl sites for hydroxylation is 2. The van der Waals surface area contributed by atoms with Gasteiger partial charge in [0, 0.05) is 17.4 Å². The van der Waals surface area contributed by atoms with E-state index in [4.69, 9.17) is 4.74 Å². The predicted molar refractivity (Wildman–Crippen MR) is 133 cm³/mol. The molecule has 7 heteroatoms. The van der Waals surface area contributed by atoms with Crippen LogP contribution in [0.25, 0.3) is 16.6 Å². The zero-order chi connectivity index (χ0) is 25.4. The molecule has 0 aliphatic carbocycles. The molecule has 5 nitrogen and oxygen atoms in total. The van der Waals surface area contributed by atoms with Gasteiger partial charge in [0.2, 0.25) is 5.72 Å². The van der Waals surface area contributed by atoms with Crippen molar-refractivity contribution in [3.05, 3.63) is 89.4 Å². The minimum Gasteiger partial charge on any atom is -0.464 e. The van der Waals surface area contributed by atoms with Gasteiger partial charge in [0.15, 0.2) is 5.67 Å². The number of hydrogen-bond donors (Lipinski definition) is 1. The molecule has 0 spiro atoms. The number of carbonyl (C=O) groups is 1. The van der Waals surface area contributed by atoms with Gasteiger partial charge in [-0.2, -0.15) is 5.10 Å². The topological polar surface area (TPSA) is 56.1 Å². The number of hydrogen-bond acceptors (Lipinski definition) is 3. The third-order valence-electron chi connectivity index (χ3n) is 6.07. The largest absolute Gasteiger partial charge is 0.464 e. The monoisotopic (exact) mass is 477 g/mol. The van der Waals surface area contributed by atoms with E-state index in [1.54, 1.807) is 29.1 Å². The second kappa shape index (κ2) is 9.13. The highest BCUT2D eigenvalue weighted by Gasteiger charge is 2.40. The lowest BCUT2D eigenvalue weighted by atomic mass is 9.92. The summed E-state index contributed by atoms with van der Waals surface area (Å²) in [5.41, 5.74) is 0.932. The normalized spacial score (nSPS) is 13.5. The van der Waals surface area contributed by atoms with Crippen LogP contribution in [0.3, 0.4) is 0 Å². The third kappa shape index (κ3) is 4.90. The Labute approximate surface area is 203 Å². The summed E-state index contributed by atoms with van der Waals surface area (Å²) in [5.74, 6) is -0.582. The number of nitrogens with zero attached hydrogens (tertiary/aromatic N) is 2. The Morgan fingerprint density at radius 1 is 1.06 bits per heavy atom. The number of fused-ring (bicyclic) bond motifs is 1. The number of carbonyl (C=O) groups excluding carboxylic acids is 1. The van der Waals surface area contributed by atoms with E-state index < -0.39 is 17.3 Å². The number of rotatable bonds is 7. The van der Waals surface area contributed by atoms with Gasteiger partial charge in [-0.1, -0.05) is 30.7 Å². The molecule has 1 amide bonds. The Kier molecular flexibility index (Phi) is 6.36. The van der Waals surface area contributed by atoms with E-state index in [0.29, 0.717) is 12.2 Å². The molecular formula is C28H29F2N3O2. The molecule has 0 fully saturated rings. The lowest BCUT2D eigenvalue weighted by Crippen LogP contribution is -2.54. The van der Waals surface area contributed by atoms with Gasteiger partial charge in [-0.05, 0) is 75.7 Å². The Morgan fingerprint density at radius 2 is 1.77 bits per heavy atom. The van der Waals surface area contributed by atoms with Crippen molar-refractivity contribution in [1.82, 2.24) is 15.1 Å². The fourth-order valence-corrected chi connectivity index (χ4v) is 4.16. The number of nitrogens with one attached hydrogen (secondary N) is 1. The van der Waals surface area contributed by atoms with Crippen LogP contribution in [-0.2, 0) is 10.5 Å². The third-order valence-corrected chi connectivity index (χ3v) is 6.07. The zero-order valence-electron chi connectivity index (χ0n) is 20.5. The van der Waals surface area contributed by atoms with E-state index in [9.17, 15) is 13.6 Å². The Hall–Kier alpha value is -3.74. The summed E-state index contributed by atoms with van der Waals surface area (Å²) in [6.07, 6.45) is 2.06. The van der Waals surface area contributed by atoms with Crippen molar-refractivity contribution in [1.29, 1.82) is 0 Å². The van der Waals surface area contributed by atoms with Crippen LogP contribution in [0.15, 0.2) is 66.9 Å². The van der Waals surface area contributed by atoms with E-state index in [-0.39, 0.29) is 5.82 Å². The van der Waals surface area contributed by atoms with Crippen molar-refractivity contribution in [3.63, 3.8) is 0 Å². The van der Waals surface area contributed by atoms with Crippen LogP contribution in [0.2, 0.25) is 0 Å². The van der Waals surface area contributed by atoms with Crippen molar-refractivity contribution in [2.75, 3.05) is 0 Å². The lowest BCUT2D eigenvalue weighted by molar-refractivity contribution is -0.138. The number of amides is 1. The van der Waals surface area contributed by atoms with Crippen LogP contribution in [0.4, 0.5) is 8.78 Å². The molecule has 0 aliphatic heterocycles. The summed E-state index contributed by atoms with van der Waals surface area (Å²) < 4.78 is 36.1. The lowest BCUT2D eigenvalue weighted by Gasteiger charge is -2.37. The number of halogens is 2. The van der Waals surface area contributed by atoms with Gasteiger partial charge in [-0.3, -0.25) is 4.79 Å². The fourth-order valence-electron chi connectivity index (χ4n) is 4.16. The molecule has 4 aromatic rings.